The van der Waals surface area contributed by atoms with Crippen molar-refractivity contribution < 1.29 is 13.3 Å². The molecule has 20 rings (SSSR count). The topological polar surface area (TPSA) is 57.9 Å². The molecular weight excluding hydrogens is 1520 g/mol. The van der Waals surface area contributed by atoms with E-state index < -0.39 is 0 Å². The van der Waals surface area contributed by atoms with E-state index in [0.29, 0.717) is 0 Å². The predicted molar refractivity (Wildman–Crippen MR) is 497 cm³/mol. The minimum absolute atomic E-state index is 0.0226. The Bertz CT molecular complexity index is 6800. The predicted octanol–water partition coefficient (Wildman–Crippen LogP) is 33.2. The second kappa shape index (κ2) is 27.7. The van der Waals surface area contributed by atoms with Crippen LogP contribution in [0.3, 0.4) is 0 Å². The van der Waals surface area contributed by atoms with Crippen molar-refractivity contribution in [1.82, 2.24) is 0 Å². The second-order valence-corrected chi connectivity index (χ2v) is 37.7. The normalized spacial score (nSPS) is 12.6. The van der Waals surface area contributed by atoms with Crippen LogP contribution in [0.2, 0.25) is 0 Å². The monoisotopic (exact) mass is 1610 g/mol. The lowest BCUT2D eigenvalue weighted by Gasteiger charge is -2.32. The Labute approximate surface area is 683 Å². The number of para-hydroxylation sites is 9. The molecule has 0 aliphatic carbocycles. The summed E-state index contributed by atoms with van der Waals surface area (Å²) in [7, 11) is 0. The van der Waals surface area contributed by atoms with E-state index in [1.807, 2.05) is 18.2 Å². The van der Waals surface area contributed by atoms with E-state index in [1.54, 1.807) is 0 Å². The molecule has 17 aromatic carbocycles. The molecular formula is C106H93Br2N3O3. The lowest BCUT2D eigenvalue weighted by Crippen LogP contribution is -2.15. The molecule has 8 heteroatoms. The first-order chi connectivity index (χ1) is 54.5. The van der Waals surface area contributed by atoms with Gasteiger partial charge < -0.3 is 28.4 Å². The van der Waals surface area contributed by atoms with E-state index in [2.05, 4.69) is 418 Å². The first kappa shape index (κ1) is 74.0. The molecule has 0 bridgehead atoms. The van der Waals surface area contributed by atoms with E-state index in [1.165, 1.54) is 87.1 Å². The summed E-state index contributed by atoms with van der Waals surface area (Å²) in [6, 6.07) is 103. The van der Waals surface area contributed by atoms with Crippen LogP contribution in [0.5, 0.6) is 0 Å². The Hall–Kier alpha value is -11.4. The lowest BCUT2D eigenvalue weighted by atomic mass is 9.83. The number of nitrogens with zero attached hydrogens (tertiary/aromatic N) is 2. The third kappa shape index (κ3) is 12.9. The number of nitrogens with one attached hydrogen (secondary N) is 1. The van der Waals surface area contributed by atoms with Gasteiger partial charge in [0.15, 0.2) is 16.7 Å². The molecule has 6 nitrogen and oxygen atoms in total. The molecule has 0 spiro atoms. The van der Waals surface area contributed by atoms with Gasteiger partial charge in [-0.3, -0.25) is 0 Å². The SMILES string of the molecule is CC(C)(C)c1cc2ccc3c(Br)cc(Br)c4ccc(c1)c2c34.CC(C)(C)c1cc2ccc3c(N(c4ccccc4)c4cccc5c4oc4c(C(C)(C)C)cccc45)cc(N(c4ccccc4)c4cccc5c4oc4c(C(C)(C)C)cccc45)c4ccc(c1)c2c34.CC(C)(C)c1cccc2c1oc1c(Nc3ccccc3)cccc12. The van der Waals surface area contributed by atoms with Crippen LogP contribution in [0.4, 0.5) is 45.5 Å². The number of rotatable bonds is 8. The summed E-state index contributed by atoms with van der Waals surface area (Å²) < 4.78 is 23.0. The fourth-order valence-electron chi connectivity index (χ4n) is 17.2. The van der Waals surface area contributed by atoms with Gasteiger partial charge in [-0.15, -0.1) is 0 Å². The summed E-state index contributed by atoms with van der Waals surface area (Å²) >= 11 is 7.42. The molecule has 114 heavy (non-hydrogen) atoms. The zero-order valence-electron chi connectivity index (χ0n) is 67.5. The number of anilines is 8. The Kier molecular flexibility index (Phi) is 18.0. The number of halogens is 2. The van der Waals surface area contributed by atoms with Crippen molar-refractivity contribution in [3.05, 3.63) is 322 Å². The van der Waals surface area contributed by atoms with Gasteiger partial charge in [-0.2, -0.15) is 0 Å². The summed E-state index contributed by atoms with van der Waals surface area (Å²) in [5.74, 6) is 0. The lowest BCUT2D eigenvalue weighted by molar-refractivity contribution is 0.572. The summed E-state index contributed by atoms with van der Waals surface area (Å²) in [6.45, 7) is 33.9. The molecule has 0 saturated heterocycles. The van der Waals surface area contributed by atoms with E-state index in [-0.39, 0.29) is 27.1 Å². The zero-order chi connectivity index (χ0) is 79.2. The first-order valence-corrected chi connectivity index (χ1v) is 41.3. The smallest absolute Gasteiger partial charge is 0.159 e. The number of hydrogen-bond acceptors (Lipinski definition) is 6. The highest BCUT2D eigenvalue weighted by Crippen LogP contribution is 2.55. The Morgan fingerprint density at radius 1 is 0.246 bits per heavy atom. The highest BCUT2D eigenvalue weighted by molar-refractivity contribution is 9.11. The molecule has 564 valence electrons. The standard InChI is InChI=1S/C64H56N2O2.C22H21NO.C20H16Br2/c1-62(2,3)41-36-39-32-34-48-54(65(42-20-12-10-13-21-42)52-30-18-26-46-44-24-16-28-50(63(4,5)6)58(44)67-60(46)52)38-55(49-35-33-40(37-41)56(39)57(48)49)66(43-22-14-11-15-23-43)53-31-19-27-47-45-25-17-29-51(64(7,8)9)59(45)68-61(47)53;1-22(2,3)18-13-7-11-16-17-12-8-14-19(21(17)24-20(16)18)23-15-9-5-4-6-10-15;1-20(2,3)13-8-11-4-6-14-16(21)10-17(22)15-7-5-12(9-13)18(11)19(14)15/h10-38H,1-9H3;4-14,23H,1-3H3;4-10H,1-3H3. The molecule has 0 aliphatic heterocycles. The molecule has 3 heterocycles. The van der Waals surface area contributed by atoms with Crippen molar-refractivity contribution in [2.45, 2.75) is 131 Å². The van der Waals surface area contributed by atoms with Gasteiger partial charge in [0.2, 0.25) is 0 Å². The van der Waals surface area contributed by atoms with Crippen molar-refractivity contribution in [2.75, 3.05) is 15.1 Å². The van der Waals surface area contributed by atoms with Crippen molar-refractivity contribution >= 4 is 208 Å². The van der Waals surface area contributed by atoms with Crippen LogP contribution < -0.4 is 15.1 Å². The van der Waals surface area contributed by atoms with Gasteiger partial charge in [0.05, 0.1) is 28.4 Å². The third-order valence-corrected chi connectivity index (χ3v) is 24.3. The van der Waals surface area contributed by atoms with Gasteiger partial charge in [0, 0.05) is 91.2 Å². The number of benzene rings is 17. The average Bonchev–Trinajstić information content (AvgIpc) is 0.731. The molecule has 0 amide bonds. The maximum Gasteiger partial charge on any atom is 0.159 e. The maximum atomic E-state index is 7.20. The molecule has 0 aliphatic rings. The minimum atomic E-state index is -0.113. The Morgan fingerprint density at radius 2 is 0.561 bits per heavy atom. The van der Waals surface area contributed by atoms with Crippen molar-refractivity contribution in [1.29, 1.82) is 0 Å². The van der Waals surface area contributed by atoms with Crippen molar-refractivity contribution in [2.24, 2.45) is 0 Å². The van der Waals surface area contributed by atoms with Crippen LogP contribution in [-0.4, -0.2) is 0 Å². The highest BCUT2D eigenvalue weighted by atomic mass is 79.9. The van der Waals surface area contributed by atoms with Gasteiger partial charge in [-0.1, -0.05) is 354 Å². The van der Waals surface area contributed by atoms with Gasteiger partial charge >= 0.3 is 0 Å². The fourth-order valence-corrected chi connectivity index (χ4v) is 18.7. The quantitative estimate of drug-likeness (QED) is 0.153. The molecule has 0 radical (unpaired) electrons. The van der Waals surface area contributed by atoms with Crippen molar-refractivity contribution in [3.8, 4) is 0 Å². The summed E-state index contributed by atoms with van der Waals surface area (Å²) in [5.41, 5.74) is 19.9. The molecule has 20 aromatic rings. The van der Waals surface area contributed by atoms with E-state index >= 15 is 0 Å². The zero-order valence-corrected chi connectivity index (χ0v) is 70.7. The van der Waals surface area contributed by atoms with E-state index in [0.717, 1.165) is 126 Å². The van der Waals surface area contributed by atoms with Crippen LogP contribution in [-0.2, 0) is 27.1 Å². The van der Waals surface area contributed by atoms with E-state index in [4.69, 9.17) is 13.3 Å². The maximum absolute atomic E-state index is 7.20. The van der Waals surface area contributed by atoms with Gasteiger partial charge in [-0.25, -0.2) is 0 Å². The molecule has 0 atom stereocenters. The Morgan fingerprint density at radius 3 is 0.930 bits per heavy atom. The number of fused-ring (bicyclic) bond motifs is 9. The van der Waals surface area contributed by atoms with Crippen LogP contribution in [0.25, 0.3) is 130 Å². The van der Waals surface area contributed by atoms with Gasteiger partial charge in [-0.05, 0) is 153 Å². The van der Waals surface area contributed by atoms with Crippen LogP contribution >= 0.6 is 31.9 Å². The summed E-state index contributed by atoms with van der Waals surface area (Å²) in [5, 5.41) is 25.4. The number of hydrogen-bond donors (Lipinski definition) is 1. The summed E-state index contributed by atoms with van der Waals surface area (Å²) in [6.07, 6.45) is 0. The molecule has 3 aromatic heterocycles. The van der Waals surface area contributed by atoms with Crippen molar-refractivity contribution in [3.63, 3.8) is 0 Å². The Balaban J connectivity index is 0.000000158. The second-order valence-electron chi connectivity index (χ2n) is 36.0. The first-order valence-electron chi connectivity index (χ1n) is 39.7. The summed E-state index contributed by atoms with van der Waals surface area (Å²) in [4.78, 5) is 4.86. The minimum Gasteiger partial charge on any atom is -0.454 e. The number of furan rings is 3. The highest BCUT2D eigenvalue weighted by Gasteiger charge is 2.32. The molecule has 0 saturated carbocycles. The van der Waals surface area contributed by atoms with Crippen LogP contribution in [0.15, 0.2) is 307 Å². The van der Waals surface area contributed by atoms with Crippen LogP contribution in [0.1, 0.15) is 132 Å². The average molecular weight is 1620 g/mol. The largest absolute Gasteiger partial charge is 0.454 e. The van der Waals surface area contributed by atoms with Gasteiger partial charge in [0.25, 0.3) is 0 Å². The molecule has 0 fully saturated rings. The van der Waals surface area contributed by atoms with Crippen LogP contribution in [0, 0.1) is 0 Å². The third-order valence-electron chi connectivity index (χ3n) is 23.0. The fraction of sp³-hybridized carbons (Fsp3) is 0.189. The van der Waals surface area contributed by atoms with Gasteiger partial charge in [0.1, 0.15) is 16.7 Å². The molecule has 1 N–H and O–H groups in total. The molecule has 0 unspecified atom stereocenters. The van der Waals surface area contributed by atoms with E-state index in [9.17, 15) is 0 Å².